The average molecular weight is 487 g/mol. The highest BCUT2D eigenvalue weighted by atomic mass is 32.2. The van der Waals surface area contributed by atoms with Gasteiger partial charge in [-0.05, 0) is 55.3 Å². The first-order valence-electron chi connectivity index (χ1n) is 10.2. The molecule has 0 fully saturated rings. The summed E-state index contributed by atoms with van der Waals surface area (Å²) in [6.45, 7) is 4.24. The lowest BCUT2D eigenvalue weighted by Gasteiger charge is -2.25. The summed E-state index contributed by atoms with van der Waals surface area (Å²) in [5, 5.41) is 10.6. The highest BCUT2D eigenvalue weighted by Gasteiger charge is 2.23. The molecule has 1 atom stereocenters. The van der Waals surface area contributed by atoms with Crippen LogP contribution in [-0.2, 0) is 16.6 Å². The number of sulfonamides is 1. The van der Waals surface area contributed by atoms with Crippen molar-refractivity contribution in [3.05, 3.63) is 82.1 Å². The number of amides is 1. The molecule has 4 rings (SSSR count). The Morgan fingerprint density at radius 3 is 2.42 bits per heavy atom. The molecule has 0 aliphatic rings. The zero-order chi connectivity index (χ0) is 23.9. The predicted octanol–water partition coefficient (Wildman–Crippen LogP) is 4.07. The van der Waals surface area contributed by atoms with Gasteiger partial charge in [0.1, 0.15) is 10.6 Å². The summed E-state index contributed by atoms with van der Waals surface area (Å²) < 4.78 is 38.0. The van der Waals surface area contributed by atoms with E-state index in [0.29, 0.717) is 11.4 Å². The molecule has 0 aliphatic carbocycles. The fourth-order valence-electron chi connectivity index (χ4n) is 3.60. The molecule has 2 aromatic carbocycles. The van der Waals surface area contributed by atoms with Crippen LogP contribution in [0.3, 0.4) is 0 Å². The number of halogens is 1. The van der Waals surface area contributed by atoms with Crippen molar-refractivity contribution in [3.63, 3.8) is 0 Å². The number of carbonyl (C=O) groups excluding carboxylic acids is 1. The maximum atomic E-state index is 13.2. The first-order chi connectivity index (χ1) is 15.5. The van der Waals surface area contributed by atoms with Gasteiger partial charge in [0.05, 0.1) is 28.1 Å². The monoisotopic (exact) mass is 486 g/mol. The van der Waals surface area contributed by atoms with Gasteiger partial charge in [-0.1, -0.05) is 24.3 Å². The molecule has 0 radical (unpaired) electrons. The predicted molar refractivity (Wildman–Crippen MR) is 126 cm³/mol. The Bertz CT molecular complexity index is 1430. The minimum Gasteiger partial charge on any atom is -0.334 e. The Kier molecular flexibility index (Phi) is 6.08. The van der Waals surface area contributed by atoms with Crippen LogP contribution in [0.25, 0.3) is 10.2 Å². The third-order valence-corrected chi connectivity index (χ3v) is 7.72. The van der Waals surface area contributed by atoms with Crippen LogP contribution in [0.1, 0.15) is 39.5 Å². The van der Waals surface area contributed by atoms with Crippen molar-refractivity contribution in [1.82, 2.24) is 14.7 Å². The molecule has 10 heteroatoms. The van der Waals surface area contributed by atoms with E-state index in [2.05, 4.69) is 5.10 Å². The molecule has 2 aromatic heterocycles. The van der Waals surface area contributed by atoms with Crippen LogP contribution >= 0.6 is 11.3 Å². The van der Waals surface area contributed by atoms with E-state index < -0.39 is 10.0 Å². The van der Waals surface area contributed by atoms with Crippen molar-refractivity contribution in [3.8, 4) is 0 Å². The maximum Gasteiger partial charge on any atom is 0.264 e. The second-order valence-electron chi connectivity index (χ2n) is 7.91. The number of nitrogens with two attached hydrogens (primary N) is 1. The van der Waals surface area contributed by atoms with Gasteiger partial charge in [-0.15, -0.1) is 11.3 Å². The number of nitrogens with zero attached hydrogens (tertiary/aromatic N) is 3. The number of carbonyl (C=O) groups is 1. The van der Waals surface area contributed by atoms with E-state index in [1.54, 1.807) is 36.2 Å². The Hall–Kier alpha value is -3.08. The highest BCUT2D eigenvalue weighted by Crippen LogP contribution is 2.31. The van der Waals surface area contributed by atoms with Crippen LogP contribution in [0, 0.1) is 12.7 Å². The van der Waals surface area contributed by atoms with Gasteiger partial charge in [0, 0.05) is 12.4 Å². The topological polar surface area (TPSA) is 98.3 Å². The van der Waals surface area contributed by atoms with E-state index in [-0.39, 0.29) is 22.7 Å². The van der Waals surface area contributed by atoms with Gasteiger partial charge >= 0.3 is 0 Å². The van der Waals surface area contributed by atoms with Crippen molar-refractivity contribution in [2.45, 2.75) is 31.3 Å². The largest absolute Gasteiger partial charge is 0.334 e. The molecule has 0 saturated carbocycles. The van der Waals surface area contributed by atoms with E-state index in [1.807, 2.05) is 24.6 Å². The number of aryl methyl sites for hydroxylation is 1. The SMILES string of the molecule is Cc1nn(Cc2ccc(F)cc2)c2sc(C(=O)N(C)[C@@H](C)c3ccc(S(N)(=O)=O)cc3)cc12. The number of thiophene rings is 1. The van der Waals surface area contributed by atoms with Gasteiger partial charge in [0.25, 0.3) is 5.91 Å². The number of hydrogen-bond acceptors (Lipinski definition) is 5. The Balaban J connectivity index is 1.58. The van der Waals surface area contributed by atoms with Crippen molar-refractivity contribution in [2.75, 3.05) is 7.05 Å². The zero-order valence-electron chi connectivity index (χ0n) is 18.3. The number of benzene rings is 2. The van der Waals surface area contributed by atoms with Crippen molar-refractivity contribution >= 4 is 37.5 Å². The van der Waals surface area contributed by atoms with Gasteiger partial charge in [0.15, 0.2) is 0 Å². The lowest BCUT2D eigenvalue weighted by atomic mass is 10.1. The normalized spacial score (nSPS) is 12.8. The number of aromatic nitrogens is 2. The molecule has 1 amide bonds. The molecule has 0 aliphatic heterocycles. The van der Waals surface area contributed by atoms with E-state index in [9.17, 15) is 17.6 Å². The maximum absolute atomic E-state index is 13.2. The summed E-state index contributed by atoms with van der Waals surface area (Å²) in [6.07, 6.45) is 0. The van der Waals surface area contributed by atoms with Crippen molar-refractivity contribution in [2.24, 2.45) is 5.14 Å². The Morgan fingerprint density at radius 1 is 1.18 bits per heavy atom. The number of rotatable bonds is 6. The molecule has 172 valence electrons. The first-order valence-corrected chi connectivity index (χ1v) is 12.5. The smallest absolute Gasteiger partial charge is 0.264 e. The summed E-state index contributed by atoms with van der Waals surface area (Å²) in [7, 11) is -2.06. The molecule has 33 heavy (non-hydrogen) atoms. The Labute approximate surface area is 195 Å². The first kappa shape index (κ1) is 23.1. The summed E-state index contributed by atoms with van der Waals surface area (Å²) in [4.78, 5) is 16.3. The third kappa shape index (κ3) is 4.68. The quantitative estimate of drug-likeness (QED) is 0.444. The van der Waals surface area contributed by atoms with Crippen LogP contribution in [-0.4, -0.2) is 36.1 Å². The molecule has 2 heterocycles. The molecule has 0 saturated heterocycles. The summed E-state index contributed by atoms with van der Waals surface area (Å²) >= 11 is 1.36. The van der Waals surface area contributed by atoms with Crippen LogP contribution < -0.4 is 5.14 Å². The summed E-state index contributed by atoms with van der Waals surface area (Å²) in [6, 6.07) is 14.0. The molecule has 0 bridgehead atoms. The van der Waals surface area contributed by atoms with Crippen molar-refractivity contribution in [1.29, 1.82) is 0 Å². The van der Waals surface area contributed by atoms with Crippen molar-refractivity contribution < 1.29 is 17.6 Å². The summed E-state index contributed by atoms with van der Waals surface area (Å²) in [5.41, 5.74) is 2.52. The number of primary sulfonamides is 1. The fourth-order valence-corrected chi connectivity index (χ4v) is 5.26. The van der Waals surface area contributed by atoms with E-state index >= 15 is 0 Å². The zero-order valence-corrected chi connectivity index (χ0v) is 20.0. The van der Waals surface area contributed by atoms with Gasteiger partial charge in [0.2, 0.25) is 10.0 Å². The minimum atomic E-state index is -3.77. The van der Waals surface area contributed by atoms with E-state index in [1.165, 1.54) is 35.6 Å². The number of fused-ring (bicyclic) bond motifs is 1. The molecular weight excluding hydrogens is 463 g/mol. The second kappa shape index (κ2) is 8.69. The van der Waals surface area contributed by atoms with Gasteiger partial charge in [-0.25, -0.2) is 17.9 Å². The lowest BCUT2D eigenvalue weighted by molar-refractivity contribution is 0.0747. The fraction of sp³-hybridized carbons (Fsp3) is 0.217. The van der Waals surface area contributed by atoms with Gasteiger partial charge in [-0.3, -0.25) is 9.48 Å². The molecule has 7 nitrogen and oxygen atoms in total. The number of hydrogen-bond donors (Lipinski definition) is 1. The van der Waals surface area contributed by atoms with Crippen LogP contribution in [0.5, 0.6) is 0 Å². The highest BCUT2D eigenvalue weighted by molar-refractivity contribution is 7.89. The molecule has 2 N–H and O–H groups in total. The van der Waals surface area contributed by atoms with Crippen LogP contribution in [0.15, 0.2) is 59.5 Å². The molecule has 0 spiro atoms. The Morgan fingerprint density at radius 2 is 1.82 bits per heavy atom. The van der Waals surface area contributed by atoms with Gasteiger partial charge < -0.3 is 4.90 Å². The minimum absolute atomic E-state index is 0.0260. The van der Waals surface area contributed by atoms with Crippen LogP contribution in [0.4, 0.5) is 4.39 Å². The van der Waals surface area contributed by atoms with Gasteiger partial charge in [-0.2, -0.15) is 5.10 Å². The summed E-state index contributed by atoms with van der Waals surface area (Å²) in [5.74, 6) is -0.437. The molecule has 4 aromatic rings. The second-order valence-corrected chi connectivity index (χ2v) is 10.5. The third-order valence-electron chi connectivity index (χ3n) is 5.66. The molecular formula is C23H23FN4O3S2. The molecule has 0 unspecified atom stereocenters. The standard InChI is InChI=1S/C23H23FN4O3S2/c1-14-20-12-21(32-23(20)28(26-14)13-16-4-8-18(24)9-5-16)22(29)27(3)15(2)17-6-10-19(11-7-17)33(25,30)31/h4-12,15H,13H2,1-3H3,(H2,25,30,31)/t15-/m0/s1. The van der Waals surface area contributed by atoms with Crippen LogP contribution in [0.2, 0.25) is 0 Å². The lowest BCUT2D eigenvalue weighted by Crippen LogP contribution is -2.29. The van der Waals surface area contributed by atoms with E-state index in [0.717, 1.165) is 27.0 Å². The average Bonchev–Trinajstić information content (AvgIpc) is 3.34. The van der Waals surface area contributed by atoms with E-state index in [4.69, 9.17) is 5.14 Å².